The van der Waals surface area contributed by atoms with Gasteiger partial charge in [-0.1, -0.05) is 6.07 Å². The predicted octanol–water partition coefficient (Wildman–Crippen LogP) is 1.61. The molecular weight excluding hydrogens is 296 g/mol. The molecule has 1 atom stereocenters. The molecule has 1 aromatic carbocycles. The van der Waals surface area contributed by atoms with E-state index in [2.05, 4.69) is 5.32 Å². The summed E-state index contributed by atoms with van der Waals surface area (Å²) in [5.74, 6) is 1.20. The van der Waals surface area contributed by atoms with Gasteiger partial charge >= 0.3 is 0 Å². The van der Waals surface area contributed by atoms with E-state index in [-0.39, 0.29) is 18.6 Å². The molecule has 0 aliphatic heterocycles. The molecule has 1 aliphatic rings. The highest BCUT2D eigenvalue weighted by Gasteiger charge is 2.19. The third kappa shape index (κ3) is 5.11. The van der Waals surface area contributed by atoms with Crippen LogP contribution in [0.4, 0.5) is 0 Å². The topological polar surface area (TPSA) is 82.8 Å². The maximum Gasteiger partial charge on any atom is 0.239 e. The van der Waals surface area contributed by atoms with Gasteiger partial charge in [0.2, 0.25) is 5.91 Å². The molecule has 1 aromatic rings. The minimum absolute atomic E-state index is 0.199. The molecule has 0 aromatic heterocycles. The molecule has 23 heavy (non-hydrogen) atoms. The highest BCUT2D eigenvalue weighted by Crippen LogP contribution is 2.32. The van der Waals surface area contributed by atoms with Gasteiger partial charge in [0, 0.05) is 13.7 Å². The summed E-state index contributed by atoms with van der Waals surface area (Å²) in [5.41, 5.74) is 6.64. The first kappa shape index (κ1) is 17.6. The van der Waals surface area contributed by atoms with Crippen LogP contribution < -0.4 is 20.5 Å². The van der Waals surface area contributed by atoms with Gasteiger partial charge in [0.15, 0.2) is 11.5 Å². The molecule has 1 aliphatic carbocycles. The molecule has 128 valence electrons. The van der Waals surface area contributed by atoms with Crippen LogP contribution in [0.25, 0.3) is 0 Å². The zero-order valence-electron chi connectivity index (χ0n) is 13.8. The predicted molar refractivity (Wildman–Crippen MR) is 87.6 cm³/mol. The summed E-state index contributed by atoms with van der Waals surface area (Å²) in [4.78, 5) is 11.8. The number of carbonyl (C=O) groups is 1. The lowest BCUT2D eigenvalue weighted by Gasteiger charge is -2.17. The van der Waals surface area contributed by atoms with E-state index in [1.165, 1.54) is 20.0 Å². The number of hydrogen-bond acceptors (Lipinski definition) is 5. The molecule has 1 unspecified atom stereocenters. The van der Waals surface area contributed by atoms with E-state index < -0.39 is 6.04 Å². The Balaban J connectivity index is 1.97. The molecule has 6 heteroatoms. The Morgan fingerprint density at radius 1 is 1.30 bits per heavy atom. The van der Waals surface area contributed by atoms with E-state index in [1.54, 1.807) is 7.11 Å². The SMILES string of the molecule is COCC(N)C(=O)NCc1ccc(OC)c(OC2CCCC2)c1. The molecule has 1 saturated carbocycles. The van der Waals surface area contributed by atoms with Crippen molar-refractivity contribution in [1.82, 2.24) is 5.32 Å². The molecule has 1 fully saturated rings. The summed E-state index contributed by atoms with van der Waals surface area (Å²) in [6.45, 7) is 0.589. The van der Waals surface area contributed by atoms with E-state index in [0.29, 0.717) is 12.3 Å². The highest BCUT2D eigenvalue weighted by molar-refractivity contribution is 5.81. The van der Waals surface area contributed by atoms with Gasteiger partial charge in [0.05, 0.1) is 19.8 Å². The number of nitrogens with two attached hydrogens (primary N) is 1. The van der Waals surface area contributed by atoms with Gasteiger partial charge in [-0.25, -0.2) is 0 Å². The Morgan fingerprint density at radius 2 is 2.04 bits per heavy atom. The van der Waals surface area contributed by atoms with Crippen molar-refractivity contribution in [2.45, 2.75) is 44.4 Å². The fourth-order valence-corrected chi connectivity index (χ4v) is 2.68. The van der Waals surface area contributed by atoms with Crippen LogP contribution in [-0.2, 0) is 16.1 Å². The fraction of sp³-hybridized carbons (Fsp3) is 0.588. The van der Waals surface area contributed by atoms with E-state index in [4.69, 9.17) is 19.9 Å². The van der Waals surface area contributed by atoms with Gasteiger partial charge in [-0.15, -0.1) is 0 Å². The monoisotopic (exact) mass is 322 g/mol. The zero-order valence-corrected chi connectivity index (χ0v) is 13.8. The van der Waals surface area contributed by atoms with Crippen LogP contribution in [-0.4, -0.2) is 38.9 Å². The maximum atomic E-state index is 11.8. The summed E-state index contributed by atoms with van der Waals surface area (Å²) in [5, 5.41) is 2.80. The van der Waals surface area contributed by atoms with Crippen LogP contribution in [0, 0.1) is 0 Å². The third-order valence-electron chi connectivity index (χ3n) is 3.97. The Labute approximate surface area is 137 Å². The molecule has 0 spiro atoms. The first-order valence-electron chi connectivity index (χ1n) is 8.00. The minimum atomic E-state index is -0.660. The van der Waals surface area contributed by atoms with Gasteiger partial charge < -0.3 is 25.3 Å². The Morgan fingerprint density at radius 3 is 2.70 bits per heavy atom. The fourth-order valence-electron chi connectivity index (χ4n) is 2.68. The number of methoxy groups -OCH3 is 2. The summed E-state index contributed by atoms with van der Waals surface area (Å²) >= 11 is 0. The van der Waals surface area contributed by atoms with Crippen molar-refractivity contribution < 1.29 is 19.0 Å². The van der Waals surface area contributed by atoms with Crippen LogP contribution in [0.2, 0.25) is 0 Å². The number of ether oxygens (including phenoxy) is 3. The number of nitrogens with one attached hydrogen (secondary N) is 1. The van der Waals surface area contributed by atoms with Gasteiger partial charge in [-0.05, 0) is 43.4 Å². The average Bonchev–Trinajstić information content (AvgIpc) is 3.06. The second kappa shape index (κ2) is 8.74. The standard InChI is InChI=1S/C17H26N2O4/c1-21-11-14(18)17(20)19-10-12-7-8-15(22-2)16(9-12)23-13-5-3-4-6-13/h7-9,13-14H,3-6,10-11,18H2,1-2H3,(H,19,20). The van der Waals surface area contributed by atoms with Crippen molar-refractivity contribution in [1.29, 1.82) is 0 Å². The highest BCUT2D eigenvalue weighted by atomic mass is 16.5. The smallest absolute Gasteiger partial charge is 0.239 e. The molecule has 1 amide bonds. The summed E-state index contributed by atoms with van der Waals surface area (Å²) < 4.78 is 16.3. The average molecular weight is 322 g/mol. The first-order valence-corrected chi connectivity index (χ1v) is 8.00. The van der Waals surface area contributed by atoms with Crippen molar-refractivity contribution in [3.05, 3.63) is 23.8 Å². The van der Waals surface area contributed by atoms with Crippen molar-refractivity contribution in [3.63, 3.8) is 0 Å². The Kier molecular flexibility index (Phi) is 6.67. The lowest BCUT2D eigenvalue weighted by atomic mass is 10.2. The van der Waals surface area contributed by atoms with E-state index in [0.717, 1.165) is 24.2 Å². The van der Waals surface area contributed by atoms with Crippen LogP contribution in [0.5, 0.6) is 11.5 Å². The number of rotatable bonds is 8. The largest absolute Gasteiger partial charge is 0.493 e. The number of benzene rings is 1. The second-order valence-electron chi connectivity index (χ2n) is 5.79. The van der Waals surface area contributed by atoms with Gasteiger partial charge in [0.1, 0.15) is 6.04 Å². The normalized spacial score (nSPS) is 16.1. The van der Waals surface area contributed by atoms with Crippen LogP contribution in [0.1, 0.15) is 31.2 Å². The zero-order chi connectivity index (χ0) is 16.7. The molecule has 0 radical (unpaired) electrons. The lowest BCUT2D eigenvalue weighted by Crippen LogP contribution is -2.43. The molecule has 0 saturated heterocycles. The maximum absolute atomic E-state index is 11.8. The molecule has 6 nitrogen and oxygen atoms in total. The van der Waals surface area contributed by atoms with E-state index in [1.807, 2.05) is 18.2 Å². The molecule has 3 N–H and O–H groups in total. The van der Waals surface area contributed by atoms with Crippen LogP contribution in [0.3, 0.4) is 0 Å². The van der Waals surface area contributed by atoms with Crippen LogP contribution >= 0.6 is 0 Å². The van der Waals surface area contributed by atoms with Crippen molar-refractivity contribution >= 4 is 5.91 Å². The molecule has 2 rings (SSSR count). The van der Waals surface area contributed by atoms with Crippen molar-refractivity contribution in [3.8, 4) is 11.5 Å². The first-order chi connectivity index (χ1) is 11.1. The quantitative estimate of drug-likeness (QED) is 0.760. The molecule has 0 bridgehead atoms. The Hall–Kier alpha value is -1.79. The van der Waals surface area contributed by atoms with Gasteiger partial charge in [-0.2, -0.15) is 0 Å². The lowest BCUT2D eigenvalue weighted by molar-refractivity contribution is -0.123. The summed E-state index contributed by atoms with van der Waals surface area (Å²) in [7, 11) is 3.14. The van der Waals surface area contributed by atoms with Crippen molar-refractivity contribution in [2.75, 3.05) is 20.8 Å². The summed E-state index contributed by atoms with van der Waals surface area (Å²) in [6, 6.07) is 5.02. The molecular formula is C17H26N2O4. The minimum Gasteiger partial charge on any atom is -0.493 e. The van der Waals surface area contributed by atoms with E-state index >= 15 is 0 Å². The Bertz CT molecular complexity index is 515. The molecule has 0 heterocycles. The number of hydrogen-bond donors (Lipinski definition) is 2. The second-order valence-corrected chi connectivity index (χ2v) is 5.79. The summed E-state index contributed by atoms with van der Waals surface area (Å²) in [6.07, 6.45) is 4.83. The number of amides is 1. The van der Waals surface area contributed by atoms with Crippen molar-refractivity contribution in [2.24, 2.45) is 5.73 Å². The van der Waals surface area contributed by atoms with E-state index in [9.17, 15) is 4.79 Å². The third-order valence-corrected chi connectivity index (χ3v) is 3.97. The van der Waals surface area contributed by atoms with Crippen LogP contribution in [0.15, 0.2) is 18.2 Å². The number of carbonyl (C=O) groups excluding carboxylic acids is 1. The van der Waals surface area contributed by atoms with Gasteiger partial charge in [-0.3, -0.25) is 4.79 Å². The van der Waals surface area contributed by atoms with Gasteiger partial charge in [0.25, 0.3) is 0 Å².